The van der Waals surface area contributed by atoms with Crippen LogP contribution in [0.2, 0.25) is 5.15 Å². The van der Waals surface area contributed by atoms with Crippen molar-refractivity contribution in [3.8, 4) is 11.1 Å². The number of aromatic nitrogens is 2. The van der Waals surface area contributed by atoms with E-state index in [0.29, 0.717) is 16.4 Å². The van der Waals surface area contributed by atoms with Crippen molar-refractivity contribution < 1.29 is 4.92 Å². The van der Waals surface area contributed by atoms with Gasteiger partial charge in [0.2, 0.25) is 0 Å². The van der Waals surface area contributed by atoms with Gasteiger partial charge in [-0.2, -0.15) is 0 Å². The number of pyridine rings is 2. The van der Waals surface area contributed by atoms with Crippen molar-refractivity contribution in [3.05, 3.63) is 51.6 Å². The first kappa shape index (κ1) is 11.5. The third-order valence-electron chi connectivity index (χ3n) is 2.32. The highest BCUT2D eigenvalue weighted by Gasteiger charge is 2.11. The van der Waals surface area contributed by atoms with E-state index >= 15 is 0 Å². The normalized spacial score (nSPS) is 10.2. The molecule has 0 aliphatic heterocycles. The van der Waals surface area contributed by atoms with Crippen LogP contribution in [0.3, 0.4) is 0 Å². The van der Waals surface area contributed by atoms with Crippen LogP contribution < -0.4 is 0 Å². The van der Waals surface area contributed by atoms with Crippen molar-refractivity contribution in [2.75, 3.05) is 0 Å². The first-order chi connectivity index (χ1) is 8.08. The Morgan fingerprint density at radius 3 is 2.76 bits per heavy atom. The topological polar surface area (TPSA) is 68.9 Å². The minimum absolute atomic E-state index is 0.0430. The zero-order valence-electron chi connectivity index (χ0n) is 8.92. The molecule has 2 aromatic heterocycles. The molecule has 86 valence electrons. The molecule has 0 bridgehead atoms. The molecule has 0 amide bonds. The molecule has 0 saturated carbocycles. The highest BCUT2D eigenvalue weighted by Crippen LogP contribution is 2.26. The van der Waals surface area contributed by atoms with Crippen molar-refractivity contribution in [2.45, 2.75) is 6.92 Å². The Balaban J connectivity index is 2.58. The van der Waals surface area contributed by atoms with E-state index in [1.165, 1.54) is 12.3 Å². The average Bonchev–Trinajstić information content (AvgIpc) is 2.29. The monoisotopic (exact) mass is 249 g/mol. The van der Waals surface area contributed by atoms with Gasteiger partial charge < -0.3 is 0 Å². The molecule has 5 nitrogen and oxygen atoms in total. The summed E-state index contributed by atoms with van der Waals surface area (Å²) in [6.07, 6.45) is 2.79. The molecule has 0 fully saturated rings. The van der Waals surface area contributed by atoms with E-state index in [1.54, 1.807) is 25.3 Å². The Morgan fingerprint density at radius 1 is 1.35 bits per heavy atom. The fourth-order valence-corrected chi connectivity index (χ4v) is 1.66. The quantitative estimate of drug-likeness (QED) is 0.466. The van der Waals surface area contributed by atoms with Gasteiger partial charge in [0.15, 0.2) is 0 Å². The predicted molar refractivity (Wildman–Crippen MR) is 63.9 cm³/mol. The summed E-state index contributed by atoms with van der Waals surface area (Å²) in [5, 5.41) is 11.0. The van der Waals surface area contributed by atoms with Crippen molar-refractivity contribution in [3.63, 3.8) is 0 Å². The molecule has 0 aromatic carbocycles. The second kappa shape index (κ2) is 4.47. The van der Waals surface area contributed by atoms with Crippen LogP contribution in [-0.2, 0) is 0 Å². The van der Waals surface area contributed by atoms with Gasteiger partial charge in [0, 0.05) is 23.5 Å². The summed E-state index contributed by atoms with van der Waals surface area (Å²) in [6, 6.07) is 4.86. The van der Waals surface area contributed by atoms with Gasteiger partial charge >= 0.3 is 0 Å². The predicted octanol–water partition coefficient (Wildman–Crippen LogP) is 3.01. The summed E-state index contributed by atoms with van der Waals surface area (Å²) in [4.78, 5) is 18.1. The van der Waals surface area contributed by atoms with Gasteiger partial charge in [0.05, 0.1) is 4.92 Å². The van der Waals surface area contributed by atoms with E-state index in [-0.39, 0.29) is 5.69 Å². The number of hydrogen-bond acceptors (Lipinski definition) is 4. The standard InChI is InChI=1S/C11H8ClN3O2/c1-7-10(5-9(6-14-7)15(16)17)8-2-3-13-11(12)4-8/h2-6H,1H3. The molecule has 2 heterocycles. The number of hydrogen-bond donors (Lipinski definition) is 0. The fraction of sp³-hybridized carbons (Fsp3) is 0.0909. The summed E-state index contributed by atoms with van der Waals surface area (Å²) in [7, 11) is 0. The van der Waals surface area contributed by atoms with Gasteiger partial charge in [0.25, 0.3) is 5.69 Å². The Morgan fingerprint density at radius 2 is 2.12 bits per heavy atom. The Hall–Kier alpha value is -2.01. The highest BCUT2D eigenvalue weighted by molar-refractivity contribution is 6.29. The van der Waals surface area contributed by atoms with E-state index < -0.39 is 4.92 Å². The zero-order valence-corrected chi connectivity index (χ0v) is 9.68. The zero-order chi connectivity index (χ0) is 12.4. The van der Waals surface area contributed by atoms with Crippen LogP contribution in [0.15, 0.2) is 30.6 Å². The smallest absolute Gasteiger partial charge is 0.258 e. The lowest BCUT2D eigenvalue weighted by Crippen LogP contribution is -1.93. The summed E-state index contributed by atoms with van der Waals surface area (Å²) < 4.78 is 0. The molecule has 0 atom stereocenters. The Kier molecular flexibility index (Phi) is 3.01. The van der Waals surface area contributed by atoms with Crippen LogP contribution in [0.1, 0.15) is 5.69 Å². The molecule has 2 aromatic rings. The van der Waals surface area contributed by atoms with E-state index in [1.807, 2.05) is 0 Å². The van der Waals surface area contributed by atoms with Gasteiger partial charge in [-0.05, 0) is 24.6 Å². The molecule has 0 radical (unpaired) electrons. The second-order valence-corrected chi connectivity index (χ2v) is 3.84. The Bertz CT molecular complexity index is 587. The summed E-state index contributed by atoms with van der Waals surface area (Å²) >= 11 is 5.78. The minimum atomic E-state index is -0.473. The maximum absolute atomic E-state index is 10.7. The van der Waals surface area contributed by atoms with Crippen molar-refractivity contribution in [1.82, 2.24) is 9.97 Å². The largest absolute Gasteiger partial charge is 0.288 e. The summed E-state index contributed by atoms with van der Waals surface area (Å²) in [6.45, 7) is 1.79. The number of halogens is 1. The molecular weight excluding hydrogens is 242 g/mol. The second-order valence-electron chi connectivity index (χ2n) is 3.45. The van der Waals surface area contributed by atoms with Crippen LogP contribution in [0.25, 0.3) is 11.1 Å². The number of nitrogens with zero attached hydrogens (tertiary/aromatic N) is 3. The third kappa shape index (κ3) is 2.39. The molecule has 17 heavy (non-hydrogen) atoms. The van der Waals surface area contributed by atoms with E-state index in [9.17, 15) is 10.1 Å². The molecule has 0 unspecified atom stereocenters. The molecule has 6 heteroatoms. The van der Waals surface area contributed by atoms with E-state index in [0.717, 1.165) is 5.56 Å². The van der Waals surface area contributed by atoms with Crippen molar-refractivity contribution >= 4 is 17.3 Å². The van der Waals surface area contributed by atoms with E-state index in [4.69, 9.17) is 11.6 Å². The molecule has 0 aliphatic carbocycles. The number of nitro groups is 1. The first-order valence-electron chi connectivity index (χ1n) is 4.81. The lowest BCUT2D eigenvalue weighted by molar-refractivity contribution is -0.385. The molecule has 0 aliphatic rings. The highest BCUT2D eigenvalue weighted by atomic mass is 35.5. The number of aryl methyl sites for hydroxylation is 1. The Labute approximate surface area is 102 Å². The third-order valence-corrected chi connectivity index (χ3v) is 2.53. The van der Waals surface area contributed by atoms with Gasteiger partial charge in [-0.3, -0.25) is 15.1 Å². The van der Waals surface area contributed by atoms with Crippen LogP contribution in [0.4, 0.5) is 5.69 Å². The van der Waals surface area contributed by atoms with Crippen LogP contribution >= 0.6 is 11.6 Å². The molecular formula is C11H8ClN3O2. The summed E-state index contributed by atoms with van der Waals surface area (Å²) in [5.41, 5.74) is 2.11. The van der Waals surface area contributed by atoms with Gasteiger partial charge in [-0.1, -0.05) is 11.6 Å². The lowest BCUT2D eigenvalue weighted by Gasteiger charge is -2.04. The molecule has 0 saturated heterocycles. The van der Waals surface area contributed by atoms with Crippen LogP contribution in [0.5, 0.6) is 0 Å². The summed E-state index contributed by atoms with van der Waals surface area (Å²) in [5.74, 6) is 0. The lowest BCUT2D eigenvalue weighted by atomic mass is 10.1. The average molecular weight is 250 g/mol. The fourth-order valence-electron chi connectivity index (χ4n) is 1.48. The van der Waals surface area contributed by atoms with Crippen molar-refractivity contribution in [2.24, 2.45) is 0 Å². The SMILES string of the molecule is Cc1ncc([N+](=O)[O-])cc1-c1ccnc(Cl)c1. The van der Waals surface area contributed by atoms with Crippen LogP contribution in [-0.4, -0.2) is 14.9 Å². The first-order valence-corrected chi connectivity index (χ1v) is 5.18. The maximum atomic E-state index is 10.7. The van der Waals surface area contributed by atoms with Gasteiger partial charge in [-0.25, -0.2) is 4.98 Å². The van der Waals surface area contributed by atoms with Gasteiger partial charge in [-0.15, -0.1) is 0 Å². The number of rotatable bonds is 2. The molecule has 0 N–H and O–H groups in total. The van der Waals surface area contributed by atoms with E-state index in [2.05, 4.69) is 9.97 Å². The molecule has 0 spiro atoms. The minimum Gasteiger partial charge on any atom is -0.258 e. The van der Waals surface area contributed by atoms with Gasteiger partial charge in [0.1, 0.15) is 11.3 Å². The maximum Gasteiger partial charge on any atom is 0.288 e. The molecule has 2 rings (SSSR count). The van der Waals surface area contributed by atoms with Crippen LogP contribution in [0, 0.1) is 17.0 Å². The van der Waals surface area contributed by atoms with Crippen molar-refractivity contribution in [1.29, 1.82) is 0 Å².